The van der Waals surface area contributed by atoms with Crippen LogP contribution in [0.1, 0.15) is 13.8 Å². The van der Waals surface area contributed by atoms with Crippen molar-refractivity contribution in [1.82, 2.24) is 41.2 Å². The third-order valence-corrected chi connectivity index (χ3v) is 2.64. The Hall–Kier alpha value is -1.16. The van der Waals surface area contributed by atoms with Crippen molar-refractivity contribution in [3.63, 3.8) is 0 Å². The maximum Gasteiger partial charge on any atom is 0.230 e. The summed E-state index contributed by atoms with van der Waals surface area (Å²) in [6.07, 6.45) is 0. The van der Waals surface area contributed by atoms with Crippen molar-refractivity contribution in [2.75, 3.05) is 11.5 Å². The Morgan fingerprint density at radius 1 is 0.875 bits per heavy atom. The molecule has 0 aliphatic heterocycles. The van der Waals surface area contributed by atoms with Gasteiger partial charge in [0.2, 0.25) is 10.3 Å². The van der Waals surface area contributed by atoms with Crippen molar-refractivity contribution in [3.05, 3.63) is 0 Å². The fourth-order valence-corrected chi connectivity index (χ4v) is 1.61. The summed E-state index contributed by atoms with van der Waals surface area (Å²) in [5.74, 6) is 1.97. The van der Waals surface area contributed by atoms with Gasteiger partial charge in [0, 0.05) is 0 Å². The number of thioether (sulfide) groups is 2. The zero-order valence-electron chi connectivity index (χ0n) is 8.91. The summed E-state index contributed by atoms with van der Waals surface area (Å²) in [6, 6.07) is 0. The van der Waals surface area contributed by atoms with Crippen LogP contribution in [0, 0.1) is 0 Å². The number of tetrazole rings is 2. The van der Waals surface area contributed by atoms with Gasteiger partial charge in [-0.25, -0.2) is 0 Å². The molecule has 88 valence electrons. The molecule has 2 heterocycles. The topological polar surface area (TPSA) is 109 Å². The van der Waals surface area contributed by atoms with Crippen molar-refractivity contribution in [2.24, 2.45) is 0 Å². The summed E-state index contributed by atoms with van der Waals surface area (Å²) < 4.78 is 0. The van der Waals surface area contributed by atoms with Gasteiger partial charge in [0.15, 0.2) is 0 Å². The first-order valence-corrected chi connectivity index (χ1v) is 6.56. The monoisotopic (exact) mass is 260 g/mol. The number of hydrogen-bond donors (Lipinski definition) is 2. The Kier molecular flexibility index (Phi) is 6.49. The molecule has 0 saturated carbocycles. The summed E-state index contributed by atoms with van der Waals surface area (Å²) >= 11 is 3.13. The first-order chi connectivity index (χ1) is 7.86. The first kappa shape index (κ1) is 12.9. The van der Waals surface area contributed by atoms with Gasteiger partial charge in [-0.15, -0.1) is 20.4 Å². The standard InChI is InChI=1S/2C3H6N4S/c2*1-2-8-3-4-6-7-5-3/h2*2H2,1H3,(H,4,5,6,7). The highest BCUT2D eigenvalue weighted by molar-refractivity contribution is 7.99. The van der Waals surface area contributed by atoms with Gasteiger partial charge in [0.1, 0.15) is 0 Å². The number of rotatable bonds is 4. The van der Waals surface area contributed by atoms with Gasteiger partial charge in [-0.1, -0.05) is 37.4 Å². The Bertz CT molecular complexity index is 310. The highest BCUT2D eigenvalue weighted by Gasteiger charge is 1.92. The fraction of sp³-hybridized carbons (Fsp3) is 0.667. The molecule has 2 N–H and O–H groups in total. The van der Waals surface area contributed by atoms with E-state index < -0.39 is 0 Å². The van der Waals surface area contributed by atoms with Gasteiger partial charge in [-0.05, 0) is 21.9 Å². The molecule has 0 spiro atoms. The molecule has 0 aliphatic carbocycles. The van der Waals surface area contributed by atoms with Crippen molar-refractivity contribution in [2.45, 2.75) is 24.2 Å². The SMILES string of the molecule is CCSc1nn[nH]n1.CCSc1nn[nH]n1. The Morgan fingerprint density at radius 3 is 1.56 bits per heavy atom. The summed E-state index contributed by atoms with van der Waals surface area (Å²) in [5, 5.41) is 27.8. The normalized spacial score (nSPS) is 9.62. The molecule has 10 heteroatoms. The molecule has 16 heavy (non-hydrogen) atoms. The zero-order valence-corrected chi connectivity index (χ0v) is 10.5. The van der Waals surface area contributed by atoms with E-state index in [1.807, 2.05) is 13.8 Å². The molecule has 0 saturated heterocycles. The van der Waals surface area contributed by atoms with Crippen LogP contribution in [0.25, 0.3) is 0 Å². The van der Waals surface area contributed by atoms with Crippen LogP contribution in [0.2, 0.25) is 0 Å². The van der Waals surface area contributed by atoms with E-state index in [-0.39, 0.29) is 0 Å². The van der Waals surface area contributed by atoms with E-state index in [0.29, 0.717) is 10.3 Å². The lowest BCUT2D eigenvalue weighted by Crippen LogP contribution is -1.73. The lowest BCUT2D eigenvalue weighted by molar-refractivity contribution is 0.881. The number of aromatic nitrogens is 8. The largest absolute Gasteiger partial charge is 0.230 e. The minimum absolute atomic E-state index is 0.715. The number of H-pyrrole nitrogens is 2. The second-order valence-corrected chi connectivity index (χ2v) is 4.72. The van der Waals surface area contributed by atoms with Crippen LogP contribution in [-0.4, -0.2) is 52.8 Å². The molecule has 0 aliphatic rings. The number of nitrogens with zero attached hydrogens (tertiary/aromatic N) is 6. The van der Waals surface area contributed by atoms with Gasteiger partial charge >= 0.3 is 0 Å². The number of nitrogens with one attached hydrogen (secondary N) is 2. The highest BCUT2D eigenvalue weighted by Crippen LogP contribution is 2.07. The van der Waals surface area contributed by atoms with Crippen LogP contribution < -0.4 is 0 Å². The molecule has 0 aromatic carbocycles. The minimum Gasteiger partial charge on any atom is -0.176 e. The smallest absolute Gasteiger partial charge is 0.176 e. The molecule has 0 bridgehead atoms. The van der Waals surface area contributed by atoms with Gasteiger partial charge in [0.25, 0.3) is 0 Å². The van der Waals surface area contributed by atoms with E-state index in [4.69, 9.17) is 0 Å². The molecule has 2 rings (SSSR count). The molecule has 0 amide bonds. The molecule has 0 fully saturated rings. The summed E-state index contributed by atoms with van der Waals surface area (Å²) in [5.41, 5.74) is 0. The molecular weight excluding hydrogens is 248 g/mol. The van der Waals surface area contributed by atoms with E-state index in [9.17, 15) is 0 Å². The van der Waals surface area contributed by atoms with Gasteiger partial charge in [-0.3, -0.25) is 0 Å². The van der Waals surface area contributed by atoms with Crippen LogP contribution in [0.4, 0.5) is 0 Å². The minimum atomic E-state index is 0.715. The molecule has 0 unspecified atom stereocenters. The maximum atomic E-state index is 3.72. The fourth-order valence-electron chi connectivity index (χ4n) is 0.686. The molecule has 8 nitrogen and oxygen atoms in total. The van der Waals surface area contributed by atoms with Gasteiger partial charge in [-0.2, -0.15) is 10.4 Å². The Labute approximate surface area is 101 Å². The van der Waals surface area contributed by atoms with Gasteiger partial charge < -0.3 is 0 Å². The summed E-state index contributed by atoms with van der Waals surface area (Å²) in [7, 11) is 0. The van der Waals surface area contributed by atoms with E-state index in [1.165, 1.54) is 0 Å². The Balaban J connectivity index is 0.000000160. The van der Waals surface area contributed by atoms with Crippen molar-refractivity contribution < 1.29 is 0 Å². The third kappa shape index (κ3) is 5.07. The van der Waals surface area contributed by atoms with Crippen molar-refractivity contribution >= 4 is 23.5 Å². The van der Waals surface area contributed by atoms with Crippen LogP contribution in [0.3, 0.4) is 0 Å². The lowest BCUT2D eigenvalue weighted by atomic mass is 11.0. The zero-order chi connectivity index (χ0) is 11.6. The average Bonchev–Trinajstić information content (AvgIpc) is 2.92. The van der Waals surface area contributed by atoms with E-state index in [2.05, 4.69) is 41.2 Å². The van der Waals surface area contributed by atoms with Crippen LogP contribution in [0.15, 0.2) is 10.3 Å². The van der Waals surface area contributed by atoms with Crippen LogP contribution in [0.5, 0.6) is 0 Å². The molecule has 2 aromatic heterocycles. The number of aromatic amines is 2. The molecular formula is C6H12N8S2. The van der Waals surface area contributed by atoms with Crippen LogP contribution >= 0.6 is 23.5 Å². The van der Waals surface area contributed by atoms with E-state index in [1.54, 1.807) is 23.5 Å². The highest BCUT2D eigenvalue weighted by atomic mass is 32.2. The second kappa shape index (κ2) is 8.05. The predicted molar refractivity (Wildman–Crippen MR) is 61.2 cm³/mol. The Morgan fingerprint density at radius 2 is 1.31 bits per heavy atom. The maximum absolute atomic E-state index is 3.72. The third-order valence-electron chi connectivity index (χ3n) is 1.20. The predicted octanol–water partition coefficient (Wildman–Crippen LogP) is 0.623. The average molecular weight is 260 g/mol. The van der Waals surface area contributed by atoms with Gasteiger partial charge in [0.05, 0.1) is 0 Å². The summed E-state index contributed by atoms with van der Waals surface area (Å²) in [4.78, 5) is 0. The summed E-state index contributed by atoms with van der Waals surface area (Å²) in [6.45, 7) is 4.09. The first-order valence-electron chi connectivity index (χ1n) is 4.59. The van der Waals surface area contributed by atoms with E-state index in [0.717, 1.165) is 11.5 Å². The van der Waals surface area contributed by atoms with Crippen molar-refractivity contribution in [1.29, 1.82) is 0 Å². The molecule has 2 aromatic rings. The molecule has 0 atom stereocenters. The number of hydrogen-bond acceptors (Lipinski definition) is 8. The molecule has 0 radical (unpaired) electrons. The quantitative estimate of drug-likeness (QED) is 0.770. The lowest BCUT2D eigenvalue weighted by Gasteiger charge is -1.80. The van der Waals surface area contributed by atoms with E-state index >= 15 is 0 Å². The van der Waals surface area contributed by atoms with Crippen LogP contribution in [-0.2, 0) is 0 Å². The second-order valence-electron chi connectivity index (χ2n) is 2.25. The van der Waals surface area contributed by atoms with Crippen molar-refractivity contribution in [3.8, 4) is 0 Å².